The van der Waals surface area contributed by atoms with Crippen molar-refractivity contribution in [3.63, 3.8) is 0 Å². The van der Waals surface area contributed by atoms with E-state index in [0.29, 0.717) is 22.5 Å². The summed E-state index contributed by atoms with van der Waals surface area (Å²) in [5.74, 6) is -0.483. The summed E-state index contributed by atoms with van der Waals surface area (Å²) < 4.78 is 14.6. The number of pyridine rings is 2. The molecule has 0 atom stereocenters. The first-order valence-corrected chi connectivity index (χ1v) is 12.7. The zero-order chi connectivity index (χ0) is 27.1. The minimum Gasteiger partial charge on any atom is -0.353 e. The van der Waals surface area contributed by atoms with E-state index in [1.165, 1.54) is 6.07 Å². The molecule has 4 aromatic heterocycles. The Hall–Kier alpha value is -5.63. The Morgan fingerprint density at radius 1 is 0.775 bits per heavy atom. The molecule has 0 saturated heterocycles. The van der Waals surface area contributed by atoms with Gasteiger partial charge < -0.3 is 10.3 Å². The van der Waals surface area contributed by atoms with Gasteiger partial charge in [-0.15, -0.1) is 0 Å². The molecule has 3 aromatic carbocycles. The maximum absolute atomic E-state index is 14.6. The lowest BCUT2D eigenvalue weighted by Crippen LogP contribution is -2.11. The second-order valence-corrected chi connectivity index (χ2v) is 9.40. The maximum Gasteiger partial charge on any atom is 0.255 e. The second-order valence-electron chi connectivity index (χ2n) is 9.40. The van der Waals surface area contributed by atoms with Crippen LogP contribution in [0.1, 0.15) is 10.4 Å². The molecule has 0 aliphatic carbocycles. The summed E-state index contributed by atoms with van der Waals surface area (Å²) in [6.45, 7) is 0. The van der Waals surface area contributed by atoms with Crippen molar-refractivity contribution in [2.24, 2.45) is 0 Å². The number of rotatable bonds is 5. The van der Waals surface area contributed by atoms with E-state index in [2.05, 4.69) is 30.5 Å². The second kappa shape index (κ2) is 9.59. The molecule has 0 spiro atoms. The van der Waals surface area contributed by atoms with Crippen LogP contribution in [0.4, 0.5) is 10.1 Å². The van der Waals surface area contributed by atoms with Crippen molar-refractivity contribution in [2.45, 2.75) is 0 Å². The molecule has 0 unspecified atom stereocenters. The molecule has 0 radical (unpaired) electrons. The number of aromatic amines is 2. The molecule has 0 bridgehead atoms. The van der Waals surface area contributed by atoms with Crippen LogP contribution in [0, 0.1) is 5.82 Å². The Morgan fingerprint density at radius 3 is 2.48 bits per heavy atom. The van der Waals surface area contributed by atoms with Crippen LogP contribution in [0.15, 0.2) is 110 Å². The fourth-order valence-corrected chi connectivity index (χ4v) is 4.92. The molecule has 0 saturated carbocycles. The molecule has 40 heavy (non-hydrogen) atoms. The Kier molecular flexibility index (Phi) is 5.63. The minimum atomic E-state index is -0.269. The van der Waals surface area contributed by atoms with Gasteiger partial charge in [0.05, 0.1) is 35.0 Å². The van der Waals surface area contributed by atoms with E-state index in [1.807, 2.05) is 60.7 Å². The summed E-state index contributed by atoms with van der Waals surface area (Å²) >= 11 is 0. The highest BCUT2D eigenvalue weighted by molar-refractivity contribution is 6.04. The molecule has 0 fully saturated rings. The number of H-pyrrole nitrogens is 2. The lowest BCUT2D eigenvalue weighted by Gasteiger charge is -2.07. The number of fused-ring (bicyclic) bond motifs is 2. The van der Waals surface area contributed by atoms with Gasteiger partial charge >= 0.3 is 0 Å². The fraction of sp³-hybridized carbons (Fsp3) is 0. The fourth-order valence-electron chi connectivity index (χ4n) is 4.92. The van der Waals surface area contributed by atoms with Crippen molar-refractivity contribution in [3.05, 3.63) is 121 Å². The number of anilines is 1. The van der Waals surface area contributed by atoms with Crippen LogP contribution in [-0.4, -0.2) is 31.1 Å². The van der Waals surface area contributed by atoms with Gasteiger partial charge in [0.15, 0.2) is 0 Å². The van der Waals surface area contributed by atoms with Gasteiger partial charge in [-0.25, -0.2) is 4.39 Å². The summed E-state index contributed by atoms with van der Waals surface area (Å²) in [5.41, 5.74) is 7.08. The SMILES string of the molecule is O=C(Nc1cncc(-c2cc3c(-c4cc5c(-c6ccccc6F)cccc5[nH]4)n[nH]c3cn2)c1)c1ccccc1. The zero-order valence-electron chi connectivity index (χ0n) is 21.0. The summed E-state index contributed by atoms with van der Waals surface area (Å²) in [6.07, 6.45) is 5.03. The molecule has 8 heteroatoms. The molecular formula is C32H21FN6O. The third-order valence-electron chi connectivity index (χ3n) is 6.86. The lowest BCUT2D eigenvalue weighted by molar-refractivity contribution is 0.102. The molecule has 7 aromatic rings. The van der Waals surface area contributed by atoms with Gasteiger partial charge in [0.25, 0.3) is 5.91 Å². The van der Waals surface area contributed by atoms with E-state index in [-0.39, 0.29) is 11.7 Å². The van der Waals surface area contributed by atoms with E-state index in [4.69, 9.17) is 0 Å². The number of halogens is 1. The monoisotopic (exact) mass is 524 g/mol. The minimum absolute atomic E-state index is 0.214. The van der Waals surface area contributed by atoms with Gasteiger partial charge in [-0.1, -0.05) is 48.5 Å². The smallest absolute Gasteiger partial charge is 0.255 e. The van der Waals surface area contributed by atoms with E-state index in [1.54, 1.807) is 42.9 Å². The molecule has 4 heterocycles. The highest BCUT2D eigenvalue weighted by Crippen LogP contribution is 2.35. The molecule has 3 N–H and O–H groups in total. The first-order valence-electron chi connectivity index (χ1n) is 12.7. The van der Waals surface area contributed by atoms with Crippen molar-refractivity contribution in [2.75, 3.05) is 5.32 Å². The summed E-state index contributed by atoms with van der Waals surface area (Å²) in [7, 11) is 0. The van der Waals surface area contributed by atoms with Crippen LogP contribution in [0.25, 0.3) is 55.6 Å². The van der Waals surface area contributed by atoms with Crippen LogP contribution in [0.2, 0.25) is 0 Å². The van der Waals surface area contributed by atoms with E-state index in [9.17, 15) is 9.18 Å². The van der Waals surface area contributed by atoms with Gasteiger partial charge in [0.2, 0.25) is 0 Å². The van der Waals surface area contributed by atoms with Crippen molar-refractivity contribution in [1.82, 2.24) is 25.1 Å². The quantitative estimate of drug-likeness (QED) is 0.221. The van der Waals surface area contributed by atoms with Crippen LogP contribution in [0.3, 0.4) is 0 Å². The molecule has 192 valence electrons. The Bertz CT molecular complexity index is 2030. The summed E-state index contributed by atoms with van der Waals surface area (Å²) in [5, 5.41) is 12.3. The van der Waals surface area contributed by atoms with Gasteiger partial charge in [-0.2, -0.15) is 5.10 Å². The lowest BCUT2D eigenvalue weighted by atomic mass is 10.0. The number of aromatic nitrogens is 5. The van der Waals surface area contributed by atoms with Crippen molar-refractivity contribution < 1.29 is 9.18 Å². The largest absolute Gasteiger partial charge is 0.353 e. The van der Waals surface area contributed by atoms with Crippen molar-refractivity contribution in [3.8, 4) is 33.8 Å². The highest BCUT2D eigenvalue weighted by Gasteiger charge is 2.16. The van der Waals surface area contributed by atoms with E-state index in [0.717, 1.165) is 44.3 Å². The number of carbonyl (C=O) groups excluding carboxylic acids is 1. The molecule has 1 amide bonds. The van der Waals surface area contributed by atoms with E-state index >= 15 is 0 Å². The zero-order valence-corrected chi connectivity index (χ0v) is 21.0. The van der Waals surface area contributed by atoms with Gasteiger partial charge in [0.1, 0.15) is 11.5 Å². The average Bonchev–Trinajstić information content (AvgIpc) is 3.62. The number of amides is 1. The topological polar surface area (TPSA) is 99.4 Å². The Balaban J connectivity index is 1.26. The van der Waals surface area contributed by atoms with Crippen LogP contribution in [0.5, 0.6) is 0 Å². The first kappa shape index (κ1) is 23.5. The van der Waals surface area contributed by atoms with Gasteiger partial charge in [-0.3, -0.25) is 19.9 Å². The van der Waals surface area contributed by atoms with Crippen LogP contribution < -0.4 is 5.32 Å². The molecule has 7 nitrogen and oxygen atoms in total. The van der Waals surface area contributed by atoms with Crippen LogP contribution >= 0.6 is 0 Å². The standard InChI is InChI=1S/C32H21FN6O/c33-26-11-5-4-9-23(26)22-10-6-12-27-24(22)14-29(37-27)31-25-15-28(35-18-30(25)38-39-31)20-13-21(17-34-16-20)36-32(40)19-7-2-1-3-8-19/h1-18,37H,(H,36,40)(H,38,39). The predicted octanol–water partition coefficient (Wildman–Crippen LogP) is 7.23. The van der Waals surface area contributed by atoms with Crippen molar-refractivity contribution in [1.29, 1.82) is 0 Å². The molecule has 7 rings (SSSR count). The van der Waals surface area contributed by atoms with Gasteiger partial charge in [-0.05, 0) is 48.0 Å². The molecule has 0 aliphatic rings. The summed E-state index contributed by atoms with van der Waals surface area (Å²) in [6, 6.07) is 27.3. The highest BCUT2D eigenvalue weighted by atomic mass is 19.1. The number of benzene rings is 3. The number of nitrogens with zero attached hydrogens (tertiary/aromatic N) is 3. The normalized spacial score (nSPS) is 11.2. The first-order chi connectivity index (χ1) is 19.6. The predicted molar refractivity (Wildman–Crippen MR) is 154 cm³/mol. The van der Waals surface area contributed by atoms with Crippen molar-refractivity contribution >= 4 is 33.4 Å². The number of hydrogen-bond acceptors (Lipinski definition) is 4. The van der Waals surface area contributed by atoms with E-state index < -0.39 is 0 Å². The average molecular weight is 525 g/mol. The third kappa shape index (κ3) is 4.17. The summed E-state index contributed by atoms with van der Waals surface area (Å²) in [4.78, 5) is 25.0. The Labute approximate surface area is 227 Å². The van der Waals surface area contributed by atoms with Gasteiger partial charge in [0, 0.05) is 39.2 Å². The number of carbonyl (C=O) groups is 1. The number of nitrogens with one attached hydrogen (secondary N) is 3. The maximum atomic E-state index is 14.6. The third-order valence-corrected chi connectivity index (χ3v) is 6.86. The molecule has 0 aliphatic heterocycles. The number of hydrogen-bond donors (Lipinski definition) is 3. The van der Waals surface area contributed by atoms with Crippen LogP contribution in [-0.2, 0) is 0 Å². The Morgan fingerprint density at radius 2 is 1.60 bits per heavy atom. The molecular weight excluding hydrogens is 503 g/mol.